The van der Waals surface area contributed by atoms with Gasteiger partial charge in [0, 0.05) is 31.7 Å². The number of hydrogen-bond acceptors (Lipinski definition) is 3. The van der Waals surface area contributed by atoms with Crippen LogP contribution < -0.4 is 5.32 Å². The Bertz CT molecular complexity index is 399. The summed E-state index contributed by atoms with van der Waals surface area (Å²) >= 11 is 0. The van der Waals surface area contributed by atoms with E-state index in [1.807, 2.05) is 0 Å². The zero-order chi connectivity index (χ0) is 13.8. The van der Waals surface area contributed by atoms with Crippen LogP contribution in [0.4, 0.5) is 0 Å². The van der Waals surface area contributed by atoms with Gasteiger partial charge in [-0.15, -0.1) is 0 Å². The number of aromatic nitrogens is 2. The highest BCUT2D eigenvalue weighted by atomic mass is 15.3. The number of aryl methyl sites for hydroxylation is 2. The Morgan fingerprint density at radius 1 is 1.42 bits per heavy atom. The molecule has 4 heteroatoms. The molecule has 1 fully saturated rings. The second-order valence-corrected chi connectivity index (χ2v) is 5.72. The van der Waals surface area contributed by atoms with E-state index in [0.29, 0.717) is 12.1 Å². The molecular formula is C15H28N4. The van der Waals surface area contributed by atoms with E-state index in [1.54, 1.807) is 0 Å². The van der Waals surface area contributed by atoms with Crippen LogP contribution >= 0.6 is 0 Å². The average molecular weight is 264 g/mol. The third-order valence-corrected chi connectivity index (χ3v) is 4.22. The molecule has 1 aliphatic rings. The van der Waals surface area contributed by atoms with Gasteiger partial charge in [-0.3, -0.25) is 9.58 Å². The minimum Gasteiger partial charge on any atom is -0.313 e. The van der Waals surface area contributed by atoms with Crippen LogP contribution in [-0.2, 0) is 13.1 Å². The third-order valence-electron chi connectivity index (χ3n) is 4.22. The van der Waals surface area contributed by atoms with Crippen LogP contribution in [0, 0.1) is 6.92 Å². The predicted molar refractivity (Wildman–Crippen MR) is 79.2 cm³/mol. The van der Waals surface area contributed by atoms with Gasteiger partial charge in [0.1, 0.15) is 0 Å². The maximum atomic E-state index is 4.56. The molecule has 0 aliphatic carbocycles. The lowest BCUT2D eigenvalue weighted by Gasteiger charge is -2.28. The van der Waals surface area contributed by atoms with Crippen molar-refractivity contribution < 1.29 is 0 Å². The lowest BCUT2D eigenvalue weighted by Crippen LogP contribution is -2.39. The van der Waals surface area contributed by atoms with Crippen molar-refractivity contribution in [1.29, 1.82) is 0 Å². The molecule has 1 saturated heterocycles. The van der Waals surface area contributed by atoms with E-state index in [4.69, 9.17) is 0 Å². The summed E-state index contributed by atoms with van der Waals surface area (Å²) in [4.78, 5) is 2.61. The molecule has 0 saturated carbocycles. The van der Waals surface area contributed by atoms with E-state index < -0.39 is 0 Å². The van der Waals surface area contributed by atoms with E-state index in [9.17, 15) is 0 Å². The summed E-state index contributed by atoms with van der Waals surface area (Å²) in [5, 5.41) is 8.20. The highest BCUT2D eigenvalue weighted by Gasteiger charge is 2.22. The van der Waals surface area contributed by atoms with E-state index >= 15 is 0 Å². The van der Waals surface area contributed by atoms with Crippen LogP contribution in [0.1, 0.15) is 45.0 Å². The van der Waals surface area contributed by atoms with Gasteiger partial charge in [0.05, 0.1) is 11.4 Å². The predicted octanol–water partition coefficient (Wildman–Crippen LogP) is 2.17. The Morgan fingerprint density at radius 3 is 2.89 bits per heavy atom. The van der Waals surface area contributed by atoms with Crippen LogP contribution in [0.15, 0.2) is 6.07 Å². The van der Waals surface area contributed by atoms with Crippen LogP contribution in [0.25, 0.3) is 0 Å². The molecule has 1 aromatic rings. The van der Waals surface area contributed by atoms with E-state index in [1.165, 1.54) is 18.5 Å². The molecule has 1 aliphatic heterocycles. The van der Waals surface area contributed by atoms with Crippen molar-refractivity contribution in [3.05, 3.63) is 17.5 Å². The minimum absolute atomic E-state index is 0.629. The fourth-order valence-electron chi connectivity index (χ4n) is 2.91. The summed E-state index contributed by atoms with van der Waals surface area (Å²) in [6, 6.07) is 3.50. The number of nitrogens with one attached hydrogen (secondary N) is 1. The SMILES string of the molecule is CCC1CN(Cc2cc(C)nn2CC)C(C)CCN1. The van der Waals surface area contributed by atoms with Crippen LogP contribution in [0.5, 0.6) is 0 Å². The second kappa shape index (κ2) is 6.53. The standard InChI is InChI=1S/C15H28N4/c1-5-14-10-18(13(4)7-8-16-14)11-15-9-12(3)17-19(15)6-2/h9,13-14,16H,5-8,10-11H2,1-4H3. The molecule has 1 aromatic heterocycles. The quantitative estimate of drug-likeness (QED) is 0.905. The largest absolute Gasteiger partial charge is 0.313 e. The first-order chi connectivity index (χ1) is 9.13. The van der Waals surface area contributed by atoms with Crippen LogP contribution in [-0.4, -0.2) is 39.9 Å². The minimum atomic E-state index is 0.629. The monoisotopic (exact) mass is 264 g/mol. The Labute approximate surface area is 117 Å². The van der Waals surface area contributed by atoms with Gasteiger partial charge in [0.2, 0.25) is 0 Å². The second-order valence-electron chi connectivity index (χ2n) is 5.72. The molecule has 2 atom stereocenters. The van der Waals surface area contributed by atoms with Gasteiger partial charge >= 0.3 is 0 Å². The summed E-state index contributed by atoms with van der Waals surface area (Å²) < 4.78 is 2.14. The lowest BCUT2D eigenvalue weighted by molar-refractivity contribution is 0.189. The van der Waals surface area contributed by atoms with Crippen molar-refractivity contribution in [3.63, 3.8) is 0 Å². The Balaban J connectivity index is 2.10. The Hall–Kier alpha value is -0.870. The maximum absolute atomic E-state index is 4.56. The topological polar surface area (TPSA) is 33.1 Å². The number of nitrogens with zero attached hydrogens (tertiary/aromatic N) is 3. The smallest absolute Gasteiger partial charge is 0.0597 e. The van der Waals surface area contributed by atoms with Crippen LogP contribution in [0.3, 0.4) is 0 Å². The Kier molecular flexibility index (Phi) is 4.99. The summed E-state index contributed by atoms with van der Waals surface area (Å²) in [6.07, 6.45) is 2.44. The van der Waals surface area contributed by atoms with Crippen molar-refractivity contribution in [2.75, 3.05) is 13.1 Å². The molecule has 1 N–H and O–H groups in total. The Morgan fingerprint density at radius 2 is 2.21 bits per heavy atom. The van der Waals surface area contributed by atoms with Crippen molar-refractivity contribution >= 4 is 0 Å². The maximum Gasteiger partial charge on any atom is 0.0597 e. The summed E-state index contributed by atoms with van der Waals surface area (Å²) in [5.74, 6) is 0. The summed E-state index contributed by atoms with van der Waals surface area (Å²) in [5.41, 5.74) is 2.48. The average Bonchev–Trinajstić information content (AvgIpc) is 2.65. The first kappa shape index (κ1) is 14.5. The van der Waals surface area contributed by atoms with E-state index in [-0.39, 0.29) is 0 Å². The first-order valence-corrected chi connectivity index (χ1v) is 7.64. The van der Waals surface area contributed by atoms with E-state index in [0.717, 1.165) is 31.9 Å². The van der Waals surface area contributed by atoms with Gasteiger partial charge in [-0.1, -0.05) is 6.92 Å². The van der Waals surface area contributed by atoms with Gasteiger partial charge in [-0.2, -0.15) is 5.10 Å². The number of hydrogen-bond donors (Lipinski definition) is 1. The number of rotatable bonds is 4. The van der Waals surface area contributed by atoms with Crippen molar-refractivity contribution in [2.45, 2.75) is 65.7 Å². The van der Waals surface area contributed by atoms with Gasteiger partial charge in [0.15, 0.2) is 0 Å². The molecule has 2 unspecified atom stereocenters. The molecule has 2 rings (SSSR count). The lowest BCUT2D eigenvalue weighted by atomic mass is 10.2. The zero-order valence-electron chi connectivity index (χ0n) is 12.8. The van der Waals surface area contributed by atoms with Crippen molar-refractivity contribution in [1.82, 2.24) is 20.0 Å². The molecule has 0 radical (unpaired) electrons. The molecule has 0 amide bonds. The van der Waals surface area contributed by atoms with Gasteiger partial charge in [-0.05, 0) is 46.2 Å². The molecule has 2 heterocycles. The van der Waals surface area contributed by atoms with Crippen molar-refractivity contribution in [3.8, 4) is 0 Å². The first-order valence-electron chi connectivity index (χ1n) is 7.64. The summed E-state index contributed by atoms with van der Waals surface area (Å²) in [7, 11) is 0. The fraction of sp³-hybridized carbons (Fsp3) is 0.800. The molecule has 0 spiro atoms. The third kappa shape index (κ3) is 3.57. The molecule has 108 valence electrons. The molecule has 0 bridgehead atoms. The molecule has 19 heavy (non-hydrogen) atoms. The van der Waals surface area contributed by atoms with Crippen LogP contribution in [0.2, 0.25) is 0 Å². The fourth-order valence-corrected chi connectivity index (χ4v) is 2.91. The molecular weight excluding hydrogens is 236 g/mol. The zero-order valence-corrected chi connectivity index (χ0v) is 12.8. The normalized spacial score (nSPS) is 25.5. The summed E-state index contributed by atoms with van der Waals surface area (Å²) in [6.45, 7) is 13.1. The van der Waals surface area contributed by atoms with Crippen molar-refractivity contribution in [2.24, 2.45) is 0 Å². The van der Waals surface area contributed by atoms with Gasteiger partial charge < -0.3 is 5.32 Å². The highest BCUT2D eigenvalue weighted by molar-refractivity contribution is 5.09. The van der Waals surface area contributed by atoms with Gasteiger partial charge in [0.25, 0.3) is 0 Å². The van der Waals surface area contributed by atoms with Gasteiger partial charge in [-0.25, -0.2) is 0 Å². The van der Waals surface area contributed by atoms with E-state index in [2.05, 4.69) is 53.8 Å². The molecule has 0 aromatic carbocycles. The highest BCUT2D eigenvalue weighted by Crippen LogP contribution is 2.15. The molecule has 4 nitrogen and oxygen atoms in total.